The predicted octanol–water partition coefficient (Wildman–Crippen LogP) is 5.57. The summed E-state index contributed by atoms with van der Waals surface area (Å²) in [4.78, 5) is 55.1. The summed E-state index contributed by atoms with van der Waals surface area (Å²) in [5.74, 6) is -5.10. The van der Waals surface area contributed by atoms with Gasteiger partial charge in [-0.15, -0.1) is 0 Å². The molecule has 1 spiro atoms. The summed E-state index contributed by atoms with van der Waals surface area (Å²) >= 11 is 0. The lowest BCUT2D eigenvalue weighted by Gasteiger charge is -2.56. The molecule has 0 unspecified atom stereocenters. The third-order valence-electron chi connectivity index (χ3n) is 20.3. The van der Waals surface area contributed by atoms with E-state index in [0.717, 1.165) is 5.57 Å². The van der Waals surface area contributed by atoms with Gasteiger partial charge in [-0.3, -0.25) is 14.9 Å². The van der Waals surface area contributed by atoms with Crippen LogP contribution in [-0.4, -0.2) is 185 Å². The maximum absolute atomic E-state index is 15.6. The number of aliphatic hydroxyl groups is 5. The molecular formula is C61H90N2O21. The Balaban J connectivity index is 1.01. The van der Waals surface area contributed by atoms with E-state index in [1.807, 2.05) is 32.9 Å². The van der Waals surface area contributed by atoms with Crippen molar-refractivity contribution in [2.24, 2.45) is 46.8 Å². The molecule has 27 atom stereocenters. The summed E-state index contributed by atoms with van der Waals surface area (Å²) in [6, 6.07) is -1.08. The Morgan fingerprint density at radius 3 is 2.01 bits per heavy atom. The molecule has 9 aliphatic rings. The first-order valence-electron chi connectivity index (χ1n) is 30.0. The van der Waals surface area contributed by atoms with Crippen LogP contribution in [0.25, 0.3) is 0 Å². The number of carbonyl (C=O) groups is 3. The van der Waals surface area contributed by atoms with Crippen molar-refractivity contribution in [3.8, 4) is 0 Å². The number of hydrogen-bond donors (Lipinski definition) is 6. The maximum atomic E-state index is 15.6. The molecule has 1 saturated carbocycles. The van der Waals surface area contributed by atoms with Crippen molar-refractivity contribution in [3.63, 3.8) is 0 Å². The van der Waals surface area contributed by atoms with E-state index < -0.39 is 185 Å². The van der Waals surface area contributed by atoms with Crippen molar-refractivity contribution < 1.29 is 96.9 Å². The largest absolute Gasteiger partial charge is 0.511 e. The number of nitrogens with zero attached hydrogens (tertiary/aromatic N) is 1. The van der Waals surface area contributed by atoms with Crippen molar-refractivity contribution in [2.75, 3.05) is 20.8 Å². The molecule has 0 radical (unpaired) electrons. The zero-order valence-electron chi connectivity index (χ0n) is 50.6. The van der Waals surface area contributed by atoms with Gasteiger partial charge in [-0.05, 0) is 89.2 Å². The van der Waals surface area contributed by atoms with Gasteiger partial charge < -0.3 is 83.0 Å². The van der Waals surface area contributed by atoms with E-state index in [1.54, 1.807) is 46.8 Å². The highest BCUT2D eigenvalue weighted by Gasteiger charge is 2.64. The Morgan fingerprint density at radius 1 is 0.762 bits per heavy atom. The first-order valence-corrected chi connectivity index (χ1v) is 30.0. The molecule has 4 aliphatic carbocycles. The highest BCUT2D eigenvalue weighted by molar-refractivity contribution is 6.26. The van der Waals surface area contributed by atoms with Crippen LogP contribution in [0, 0.1) is 57.0 Å². The number of esters is 1. The summed E-state index contributed by atoms with van der Waals surface area (Å²) in [6.07, 6.45) is -3.57. The van der Waals surface area contributed by atoms with Gasteiger partial charge in [0.05, 0.1) is 75.1 Å². The second-order valence-corrected chi connectivity index (χ2v) is 25.9. The van der Waals surface area contributed by atoms with Crippen LogP contribution in [0.3, 0.4) is 0 Å². The Hall–Kier alpha value is -4.21. The van der Waals surface area contributed by atoms with Crippen LogP contribution in [0.15, 0.2) is 58.4 Å². The molecule has 5 heterocycles. The number of hydrogen-bond acceptors (Lipinski definition) is 21. The molecule has 1 amide bonds. The molecule has 0 aromatic rings. The summed E-state index contributed by atoms with van der Waals surface area (Å²) in [6.45, 7) is 19.6. The van der Waals surface area contributed by atoms with Crippen LogP contribution in [0.2, 0.25) is 0 Å². The number of rotatable bonds is 12. The average molecular weight is 1190 g/mol. The van der Waals surface area contributed by atoms with Gasteiger partial charge in [0.15, 0.2) is 30.8 Å². The topological polar surface area (TPSA) is 309 Å². The van der Waals surface area contributed by atoms with E-state index in [9.17, 15) is 45.2 Å². The molecule has 9 rings (SSSR count). The number of fused-ring (bicyclic) bond motifs is 4. The number of Topliss-reactive ketones (excluding diaryl/α,β-unsaturated/α-hetero) is 1. The van der Waals surface area contributed by atoms with Crippen molar-refractivity contribution in [2.45, 2.75) is 237 Å². The predicted molar refractivity (Wildman–Crippen MR) is 298 cm³/mol. The number of nitrogens with one attached hydrogen (secondary N) is 1. The SMILES string of the molecule is COC(=O)N[C@H]1[C@H](C)O[C@@H](O[C@H]2C/C=C(\C)[C@@H]3C=C[C@@H]4[C@@H](O[C@H]5C[C@@H](O[C@H]6C[C@@H](O)[C@@H](O[C@@H]7C[C@@H](O)[C@@H](OC)[C@H](C)O7)[C@H](C)O6)[C@@H](O)[C@H](C)O5)[C@@H](C)C[C@H](C)[C@H]4[C@]3(C)/C(O)=C3\C(=O)O[C@]4(C[C@@H](C)C(CO)=C[C@H]4/C=C/2C)C3=O)C[C@]1(C)[N+](=O)[O-]. The van der Waals surface area contributed by atoms with E-state index in [-0.39, 0.29) is 57.0 Å². The summed E-state index contributed by atoms with van der Waals surface area (Å²) < 4.78 is 68.0. The summed E-state index contributed by atoms with van der Waals surface area (Å²) in [5.41, 5.74) is -3.37. The highest BCUT2D eigenvalue weighted by atomic mass is 16.7. The second kappa shape index (κ2) is 25.1. The van der Waals surface area contributed by atoms with Gasteiger partial charge in [-0.1, -0.05) is 63.6 Å². The molecular weight excluding hydrogens is 1100 g/mol. The molecule has 0 aromatic heterocycles. The quantitative estimate of drug-likeness (QED) is 0.0457. The van der Waals surface area contributed by atoms with Crippen molar-refractivity contribution >= 4 is 17.8 Å². The standard InChI is InChI=1S/C61H90N2O21/c1-27-14-17-42(80-47-25-59(10,63(72)73)54(35(9)79-47)62-58(71)75-13)28(2)19-37-20-36(26-64)31(5)24-61(37)56(69)48(57(70)84-61)55(68)60(11)39(27)16-15-38-49(60)29(3)18-30(4)51(38)82-46-23-43(50(67)32(6)76-46)81-44-22-41(66)53(34(8)78-44)83-45-21-40(65)52(74-12)33(7)77-45/h14-16,19-20,29-35,37-47,49-54,64-68H,17-18,21-26H2,1-13H3,(H,62,71)/b27-14+,28-19+,55-48+/t29-,30-,31+,32-,33-,34-,35-,37+,38-,39-,40+,41+,42-,43+,44-,45+,46-,47-,49+,50-,51-,52-,53-,54-,59-,60+,61-/m0/s1. The van der Waals surface area contributed by atoms with Gasteiger partial charge in [-0.2, -0.15) is 0 Å². The van der Waals surface area contributed by atoms with Crippen LogP contribution < -0.4 is 5.32 Å². The first kappa shape index (κ1) is 64.3. The Bertz CT molecular complexity index is 2600. The Kier molecular flexibility index (Phi) is 19.2. The number of alkyl carbamates (subject to hydrolysis) is 1. The molecule has 5 saturated heterocycles. The van der Waals surface area contributed by atoms with Crippen molar-refractivity contribution in [3.05, 3.63) is 68.5 Å². The fourth-order valence-corrected chi connectivity index (χ4v) is 15.8. The lowest BCUT2D eigenvalue weighted by molar-refractivity contribution is -0.584. The van der Waals surface area contributed by atoms with Gasteiger partial charge in [0.2, 0.25) is 11.3 Å². The molecule has 84 heavy (non-hydrogen) atoms. The Morgan fingerprint density at radius 2 is 1.38 bits per heavy atom. The molecule has 470 valence electrons. The van der Waals surface area contributed by atoms with E-state index in [2.05, 4.69) is 25.2 Å². The van der Waals surface area contributed by atoms with Gasteiger partial charge in [0.25, 0.3) is 0 Å². The summed E-state index contributed by atoms with van der Waals surface area (Å²) in [7, 11) is 2.67. The van der Waals surface area contributed by atoms with Gasteiger partial charge in [-0.25, -0.2) is 9.59 Å². The fourth-order valence-electron chi connectivity index (χ4n) is 15.8. The number of ketones is 1. The fraction of sp³-hybridized carbons (Fsp3) is 0.787. The number of aliphatic hydroxyl groups excluding tert-OH is 5. The number of allylic oxidation sites excluding steroid dienone is 3. The van der Waals surface area contributed by atoms with E-state index in [4.69, 9.17) is 52.1 Å². The highest BCUT2D eigenvalue weighted by Crippen LogP contribution is 2.61. The lowest BCUT2D eigenvalue weighted by Crippen LogP contribution is -2.65. The number of ether oxygens (including phenoxy) is 11. The molecule has 23 heteroatoms. The van der Waals surface area contributed by atoms with E-state index in [0.29, 0.717) is 17.6 Å². The second-order valence-electron chi connectivity index (χ2n) is 25.9. The average Bonchev–Trinajstić information content (AvgIpc) is 2.80. The van der Waals surface area contributed by atoms with Crippen LogP contribution >= 0.6 is 0 Å². The van der Waals surface area contributed by atoms with Crippen molar-refractivity contribution in [1.82, 2.24) is 5.32 Å². The number of nitro groups is 1. The minimum Gasteiger partial charge on any atom is -0.511 e. The maximum Gasteiger partial charge on any atom is 0.407 e. The molecule has 6 N–H and O–H groups in total. The molecule has 2 bridgehead atoms. The van der Waals surface area contributed by atoms with E-state index >= 15 is 4.79 Å². The zero-order chi connectivity index (χ0) is 61.2. The van der Waals surface area contributed by atoms with Crippen LogP contribution in [0.4, 0.5) is 4.79 Å². The smallest absolute Gasteiger partial charge is 0.407 e. The lowest BCUT2D eigenvalue weighted by atomic mass is 9.49. The van der Waals surface area contributed by atoms with Gasteiger partial charge in [0, 0.05) is 67.8 Å². The number of amides is 1. The molecule has 6 fully saturated rings. The molecule has 0 aromatic carbocycles. The number of methoxy groups -OCH3 is 2. The number of carbonyl (C=O) groups excluding carboxylic acids is 3. The Labute approximate surface area is 491 Å². The van der Waals surface area contributed by atoms with Crippen LogP contribution in [0.1, 0.15) is 121 Å². The van der Waals surface area contributed by atoms with Crippen LogP contribution in [0.5, 0.6) is 0 Å². The summed E-state index contributed by atoms with van der Waals surface area (Å²) in [5, 5.41) is 72.9. The van der Waals surface area contributed by atoms with Gasteiger partial charge >= 0.3 is 12.1 Å². The molecule has 23 nitrogen and oxygen atoms in total. The van der Waals surface area contributed by atoms with Gasteiger partial charge in [0.1, 0.15) is 35.7 Å². The third-order valence-corrected chi connectivity index (χ3v) is 20.3. The monoisotopic (exact) mass is 1190 g/mol. The normalized spacial score (nSPS) is 49.3. The van der Waals surface area contributed by atoms with Crippen molar-refractivity contribution in [1.29, 1.82) is 0 Å². The van der Waals surface area contributed by atoms with Crippen LogP contribution in [-0.2, 0) is 61.7 Å². The van der Waals surface area contributed by atoms with E-state index in [1.165, 1.54) is 21.1 Å². The molecule has 5 aliphatic heterocycles. The third kappa shape index (κ3) is 11.8. The minimum absolute atomic E-state index is 0.00457. The zero-order valence-corrected chi connectivity index (χ0v) is 50.6. The first-order chi connectivity index (χ1) is 39.6. The minimum atomic E-state index is -1.82.